The van der Waals surface area contributed by atoms with Crippen LogP contribution in [0.1, 0.15) is 30.9 Å². The lowest BCUT2D eigenvalue weighted by atomic mass is 10.00. The molecule has 0 heterocycles. The van der Waals surface area contributed by atoms with Gasteiger partial charge in [-0.2, -0.15) is 5.26 Å². The van der Waals surface area contributed by atoms with Crippen LogP contribution in [0.15, 0.2) is 18.2 Å². The highest BCUT2D eigenvalue weighted by Gasteiger charge is 2.08. The fraction of sp³-hybridized carbons (Fsp3) is 0.333. The lowest BCUT2D eigenvalue weighted by Gasteiger charge is -2.12. The molecule has 1 aromatic carbocycles. The number of ether oxygens (including phenoxy) is 1. The van der Waals surface area contributed by atoms with Gasteiger partial charge in [0.15, 0.2) is 0 Å². The molecule has 1 atom stereocenters. The molecule has 14 heavy (non-hydrogen) atoms. The Labute approximate surface area is 85.1 Å². The number of rotatable bonds is 3. The molecule has 2 heteroatoms. The van der Waals surface area contributed by atoms with E-state index in [1.54, 1.807) is 6.07 Å². The van der Waals surface area contributed by atoms with Gasteiger partial charge in [0.05, 0.1) is 18.2 Å². The first kappa shape index (κ1) is 10.6. The molecule has 1 rings (SSSR count). The third-order valence-corrected chi connectivity index (χ3v) is 1.97. The molecule has 0 aliphatic carbocycles. The largest absolute Gasteiger partial charge is 0.494 e. The zero-order valence-corrected chi connectivity index (χ0v) is 8.58. The van der Waals surface area contributed by atoms with Gasteiger partial charge < -0.3 is 4.74 Å². The molecule has 0 aromatic heterocycles. The van der Waals surface area contributed by atoms with Crippen LogP contribution in [0, 0.1) is 18.3 Å². The maximum absolute atomic E-state index is 8.75. The highest BCUT2D eigenvalue weighted by molar-refractivity contribution is 5.44. The molecule has 2 nitrogen and oxygen atoms in total. The predicted octanol–water partition coefficient (Wildman–Crippen LogP) is 2.89. The summed E-state index contributed by atoms with van der Waals surface area (Å²) in [5, 5.41) is 8.75. The minimum Gasteiger partial charge on any atom is -0.494 e. The standard InChI is InChI=1S/C12H14NO/c1-4-14-12-6-5-10(8-13)7-11(12)9(2)3/h5-7,9H,2,4H2,1,3H3. The number of hydrogen-bond donors (Lipinski definition) is 0. The number of nitriles is 1. The van der Waals surface area contributed by atoms with Crippen molar-refractivity contribution in [3.8, 4) is 11.8 Å². The van der Waals surface area contributed by atoms with Gasteiger partial charge >= 0.3 is 0 Å². The Hall–Kier alpha value is -1.49. The Morgan fingerprint density at radius 2 is 2.29 bits per heavy atom. The third kappa shape index (κ3) is 2.26. The molecule has 0 aliphatic rings. The van der Waals surface area contributed by atoms with Crippen LogP contribution in [-0.4, -0.2) is 6.61 Å². The van der Waals surface area contributed by atoms with Crippen LogP contribution in [0.4, 0.5) is 0 Å². The summed E-state index contributed by atoms with van der Waals surface area (Å²) in [6, 6.07) is 7.54. The van der Waals surface area contributed by atoms with E-state index in [1.165, 1.54) is 0 Å². The molecule has 0 saturated heterocycles. The fourth-order valence-corrected chi connectivity index (χ4v) is 1.29. The fourth-order valence-electron chi connectivity index (χ4n) is 1.29. The summed E-state index contributed by atoms with van der Waals surface area (Å²) in [5.74, 6) is 0.957. The zero-order chi connectivity index (χ0) is 10.6. The van der Waals surface area contributed by atoms with Crippen LogP contribution in [0.25, 0.3) is 0 Å². The van der Waals surface area contributed by atoms with E-state index in [0.29, 0.717) is 12.2 Å². The monoisotopic (exact) mass is 188 g/mol. The van der Waals surface area contributed by atoms with E-state index in [0.717, 1.165) is 11.3 Å². The van der Waals surface area contributed by atoms with Crippen LogP contribution in [-0.2, 0) is 0 Å². The molecule has 0 saturated carbocycles. The number of nitrogens with zero attached hydrogens (tertiary/aromatic N) is 1. The van der Waals surface area contributed by atoms with Gasteiger partial charge in [-0.3, -0.25) is 0 Å². The van der Waals surface area contributed by atoms with Gasteiger partial charge in [-0.05, 0) is 43.5 Å². The molecule has 0 spiro atoms. The summed E-state index contributed by atoms with van der Waals surface area (Å²) in [7, 11) is 0. The quantitative estimate of drug-likeness (QED) is 0.730. The molecule has 0 aliphatic heterocycles. The molecule has 1 unspecified atom stereocenters. The van der Waals surface area contributed by atoms with E-state index >= 15 is 0 Å². The smallest absolute Gasteiger partial charge is 0.122 e. The molecule has 0 fully saturated rings. The van der Waals surface area contributed by atoms with E-state index in [4.69, 9.17) is 10.00 Å². The van der Waals surface area contributed by atoms with Crippen molar-refractivity contribution in [1.82, 2.24) is 0 Å². The SMILES string of the molecule is [CH2]C(C)c1cc(C#N)ccc1OCC. The second-order valence-corrected chi connectivity index (χ2v) is 3.20. The van der Waals surface area contributed by atoms with E-state index in [9.17, 15) is 0 Å². The lowest BCUT2D eigenvalue weighted by molar-refractivity contribution is 0.336. The highest BCUT2D eigenvalue weighted by Crippen LogP contribution is 2.27. The van der Waals surface area contributed by atoms with E-state index < -0.39 is 0 Å². The molecule has 73 valence electrons. The normalized spacial score (nSPS) is 9.93. The first-order valence-corrected chi connectivity index (χ1v) is 4.69. The van der Waals surface area contributed by atoms with Gasteiger partial charge in [0.2, 0.25) is 0 Å². The predicted molar refractivity (Wildman–Crippen MR) is 56.1 cm³/mol. The highest BCUT2D eigenvalue weighted by atomic mass is 16.5. The van der Waals surface area contributed by atoms with Crippen molar-refractivity contribution in [3.05, 3.63) is 36.2 Å². The van der Waals surface area contributed by atoms with Crippen molar-refractivity contribution in [3.63, 3.8) is 0 Å². The second kappa shape index (κ2) is 4.66. The maximum Gasteiger partial charge on any atom is 0.122 e. The average Bonchev–Trinajstić information content (AvgIpc) is 2.18. The van der Waals surface area contributed by atoms with Gasteiger partial charge in [-0.25, -0.2) is 0 Å². The summed E-state index contributed by atoms with van der Waals surface area (Å²) in [6.07, 6.45) is 0. The van der Waals surface area contributed by atoms with Crippen LogP contribution in [0.5, 0.6) is 5.75 Å². The van der Waals surface area contributed by atoms with Crippen LogP contribution >= 0.6 is 0 Å². The van der Waals surface area contributed by atoms with Crippen molar-refractivity contribution in [2.45, 2.75) is 19.8 Å². The number of benzene rings is 1. The summed E-state index contributed by atoms with van der Waals surface area (Å²) in [6.45, 7) is 8.49. The Balaban J connectivity index is 3.12. The van der Waals surface area contributed by atoms with E-state index in [-0.39, 0.29) is 5.92 Å². The van der Waals surface area contributed by atoms with Crippen molar-refractivity contribution in [1.29, 1.82) is 5.26 Å². The minimum atomic E-state index is 0.129. The first-order valence-electron chi connectivity index (χ1n) is 4.69. The molecule has 0 bridgehead atoms. The number of hydrogen-bond acceptors (Lipinski definition) is 2. The van der Waals surface area contributed by atoms with Gasteiger partial charge in [0, 0.05) is 0 Å². The van der Waals surface area contributed by atoms with E-state index in [1.807, 2.05) is 26.0 Å². The van der Waals surface area contributed by atoms with Gasteiger partial charge in [-0.15, -0.1) is 0 Å². The Morgan fingerprint density at radius 3 is 2.79 bits per heavy atom. The zero-order valence-electron chi connectivity index (χ0n) is 8.58. The summed E-state index contributed by atoms with van der Waals surface area (Å²) < 4.78 is 5.45. The van der Waals surface area contributed by atoms with Gasteiger partial charge in [0.1, 0.15) is 5.75 Å². The van der Waals surface area contributed by atoms with E-state index in [2.05, 4.69) is 13.0 Å². The summed E-state index contributed by atoms with van der Waals surface area (Å²) >= 11 is 0. The third-order valence-electron chi connectivity index (χ3n) is 1.97. The maximum atomic E-state index is 8.75. The van der Waals surface area contributed by atoms with Gasteiger partial charge in [-0.1, -0.05) is 6.92 Å². The van der Waals surface area contributed by atoms with Crippen LogP contribution < -0.4 is 4.74 Å². The Bertz CT molecular complexity index is 350. The lowest BCUT2D eigenvalue weighted by Crippen LogP contribution is -1.98. The molecule has 1 radical (unpaired) electrons. The molecule has 0 N–H and O–H groups in total. The molecular weight excluding hydrogens is 174 g/mol. The van der Waals surface area contributed by atoms with Crippen molar-refractivity contribution < 1.29 is 4.74 Å². The summed E-state index contributed by atoms with van der Waals surface area (Å²) in [4.78, 5) is 0. The Morgan fingerprint density at radius 1 is 1.57 bits per heavy atom. The summed E-state index contributed by atoms with van der Waals surface area (Å²) in [5.41, 5.74) is 1.64. The van der Waals surface area contributed by atoms with Crippen LogP contribution in [0.3, 0.4) is 0 Å². The van der Waals surface area contributed by atoms with Gasteiger partial charge in [0.25, 0.3) is 0 Å². The molecule has 0 amide bonds. The Kier molecular flexibility index (Phi) is 3.53. The average molecular weight is 188 g/mol. The topological polar surface area (TPSA) is 33.0 Å². The van der Waals surface area contributed by atoms with Crippen LogP contribution in [0.2, 0.25) is 0 Å². The molecular formula is C12H14NO. The van der Waals surface area contributed by atoms with Crippen molar-refractivity contribution in [2.24, 2.45) is 0 Å². The molecule has 1 aromatic rings. The first-order chi connectivity index (χ1) is 6.69. The minimum absolute atomic E-state index is 0.129. The van der Waals surface area contributed by atoms with Crippen molar-refractivity contribution in [2.75, 3.05) is 6.61 Å². The van der Waals surface area contributed by atoms with Crippen molar-refractivity contribution >= 4 is 0 Å². The second-order valence-electron chi connectivity index (χ2n) is 3.20.